The van der Waals surface area contributed by atoms with E-state index >= 15 is 0 Å². The highest BCUT2D eigenvalue weighted by Crippen LogP contribution is 2.57. The third-order valence-electron chi connectivity index (χ3n) is 12.4. The molecular weight excluding hydrogens is 703 g/mol. The quantitative estimate of drug-likeness (QED) is 0.171. The van der Waals surface area contributed by atoms with Gasteiger partial charge in [0.1, 0.15) is 0 Å². The van der Waals surface area contributed by atoms with Crippen LogP contribution in [-0.4, -0.2) is 9.13 Å². The third-order valence-corrected chi connectivity index (χ3v) is 12.4. The van der Waals surface area contributed by atoms with Crippen molar-refractivity contribution in [1.82, 2.24) is 9.13 Å². The average molecular weight is 740 g/mol. The van der Waals surface area contributed by atoms with E-state index in [1.165, 1.54) is 77.2 Å². The number of rotatable bonds is 5. The zero-order valence-electron chi connectivity index (χ0n) is 31.7. The number of benzene rings is 9. The highest BCUT2D eigenvalue weighted by atomic mass is 15.2. The highest BCUT2D eigenvalue weighted by Gasteiger charge is 2.46. The molecule has 12 rings (SSSR count). The molecule has 3 heteroatoms. The van der Waals surface area contributed by atoms with Crippen LogP contribution in [0.3, 0.4) is 0 Å². The Morgan fingerprint density at radius 1 is 0.259 bits per heavy atom. The van der Waals surface area contributed by atoms with Gasteiger partial charge < -0.3 is 14.0 Å². The number of nitrogens with zero attached hydrogens (tertiary/aromatic N) is 3. The van der Waals surface area contributed by atoms with E-state index in [9.17, 15) is 0 Å². The van der Waals surface area contributed by atoms with Gasteiger partial charge in [-0.3, -0.25) is 0 Å². The molecule has 0 aliphatic carbocycles. The SMILES string of the molecule is c1ccc(N2c3ccccc3C(c3ccc(-n4c5ccccc5c5ccccc54)cc3)(c3ccc(-n4c5ccccc5c5ccccc54)cc3)c3ccccc32)cc1. The van der Waals surface area contributed by atoms with E-state index in [1.54, 1.807) is 0 Å². The van der Waals surface area contributed by atoms with Gasteiger partial charge in [-0.1, -0.05) is 152 Å². The first-order valence-electron chi connectivity index (χ1n) is 20.0. The fourth-order valence-corrected chi connectivity index (χ4v) is 10.0. The molecule has 1 aliphatic heterocycles. The van der Waals surface area contributed by atoms with Gasteiger partial charge in [-0.25, -0.2) is 0 Å². The van der Waals surface area contributed by atoms with Crippen molar-refractivity contribution in [2.75, 3.05) is 4.90 Å². The van der Waals surface area contributed by atoms with Crippen LogP contribution in [0, 0.1) is 0 Å². The fourth-order valence-electron chi connectivity index (χ4n) is 10.0. The maximum atomic E-state index is 2.43. The van der Waals surface area contributed by atoms with Crippen molar-refractivity contribution in [3.05, 3.63) is 247 Å². The van der Waals surface area contributed by atoms with Gasteiger partial charge in [0, 0.05) is 38.6 Å². The normalized spacial score (nSPS) is 13.3. The molecule has 0 unspecified atom stereocenters. The van der Waals surface area contributed by atoms with Gasteiger partial charge in [0.05, 0.1) is 38.9 Å². The second-order valence-electron chi connectivity index (χ2n) is 15.3. The Morgan fingerprint density at radius 2 is 0.586 bits per heavy atom. The predicted molar refractivity (Wildman–Crippen MR) is 242 cm³/mol. The fraction of sp³-hybridized carbons (Fsp3) is 0.0182. The van der Waals surface area contributed by atoms with Crippen molar-refractivity contribution in [3.63, 3.8) is 0 Å². The van der Waals surface area contributed by atoms with Crippen LogP contribution in [0.2, 0.25) is 0 Å². The lowest BCUT2D eigenvalue weighted by Crippen LogP contribution is -2.37. The second-order valence-corrected chi connectivity index (χ2v) is 15.3. The van der Waals surface area contributed by atoms with E-state index in [2.05, 4.69) is 238 Å². The number of hydrogen-bond donors (Lipinski definition) is 0. The van der Waals surface area contributed by atoms with Gasteiger partial charge >= 0.3 is 0 Å². The number of hydrogen-bond acceptors (Lipinski definition) is 1. The zero-order chi connectivity index (χ0) is 38.2. The van der Waals surface area contributed by atoms with Crippen LogP contribution in [0.4, 0.5) is 17.1 Å². The molecule has 0 amide bonds. The minimum absolute atomic E-state index is 0.628. The van der Waals surface area contributed by atoms with Gasteiger partial charge in [0.2, 0.25) is 0 Å². The summed E-state index contributed by atoms with van der Waals surface area (Å²) in [6.45, 7) is 0. The third kappa shape index (κ3) is 4.56. The molecule has 9 aromatic carbocycles. The van der Waals surface area contributed by atoms with Gasteiger partial charge in [-0.15, -0.1) is 0 Å². The summed E-state index contributed by atoms with van der Waals surface area (Å²) in [4.78, 5) is 2.43. The summed E-state index contributed by atoms with van der Waals surface area (Å²) >= 11 is 0. The minimum Gasteiger partial charge on any atom is -0.310 e. The topological polar surface area (TPSA) is 13.1 Å². The van der Waals surface area contributed by atoms with Crippen LogP contribution < -0.4 is 4.90 Å². The van der Waals surface area contributed by atoms with E-state index in [4.69, 9.17) is 0 Å². The first-order chi connectivity index (χ1) is 28.8. The summed E-state index contributed by atoms with van der Waals surface area (Å²) < 4.78 is 4.81. The lowest BCUT2D eigenvalue weighted by Gasteiger charge is -2.46. The van der Waals surface area contributed by atoms with Gasteiger partial charge in [0.25, 0.3) is 0 Å². The minimum atomic E-state index is -0.628. The Hall–Kier alpha value is -7.62. The molecule has 3 nitrogen and oxygen atoms in total. The summed E-state index contributed by atoms with van der Waals surface area (Å²) in [5.74, 6) is 0. The van der Waals surface area contributed by atoms with Crippen molar-refractivity contribution >= 4 is 60.7 Å². The summed E-state index contributed by atoms with van der Waals surface area (Å²) in [7, 11) is 0. The Balaban J connectivity index is 1.11. The van der Waals surface area contributed by atoms with Crippen LogP contribution in [0.15, 0.2) is 224 Å². The molecule has 58 heavy (non-hydrogen) atoms. The maximum Gasteiger partial charge on any atom is 0.0742 e. The monoisotopic (exact) mass is 739 g/mol. The molecular formula is C55H37N3. The smallest absolute Gasteiger partial charge is 0.0742 e. The molecule has 0 N–H and O–H groups in total. The van der Waals surface area contributed by atoms with Crippen molar-refractivity contribution < 1.29 is 0 Å². The van der Waals surface area contributed by atoms with Crippen LogP contribution >= 0.6 is 0 Å². The van der Waals surface area contributed by atoms with Crippen LogP contribution in [0.25, 0.3) is 55.0 Å². The molecule has 0 fully saturated rings. The van der Waals surface area contributed by atoms with E-state index in [1.807, 2.05) is 0 Å². The molecule has 11 aromatic rings. The molecule has 0 atom stereocenters. The Morgan fingerprint density at radius 3 is 0.983 bits per heavy atom. The van der Waals surface area contributed by atoms with Crippen molar-refractivity contribution in [2.24, 2.45) is 0 Å². The van der Waals surface area contributed by atoms with Crippen LogP contribution in [0.1, 0.15) is 22.3 Å². The number of fused-ring (bicyclic) bond motifs is 8. The molecule has 3 heterocycles. The lowest BCUT2D eigenvalue weighted by atomic mass is 9.62. The van der Waals surface area contributed by atoms with E-state index in [-0.39, 0.29) is 0 Å². The predicted octanol–water partition coefficient (Wildman–Crippen LogP) is 14.0. The van der Waals surface area contributed by atoms with Gasteiger partial charge in [-0.2, -0.15) is 0 Å². The Bertz CT molecular complexity index is 3020. The first-order valence-corrected chi connectivity index (χ1v) is 20.0. The zero-order valence-corrected chi connectivity index (χ0v) is 31.7. The summed E-state index contributed by atoms with van der Waals surface area (Å²) in [6, 6.07) is 82.4. The average Bonchev–Trinajstić information content (AvgIpc) is 3.82. The molecule has 0 saturated carbocycles. The molecule has 0 radical (unpaired) electrons. The standard InChI is InChI=1S/C55H37N3/c1-2-16-40(17-3-1)58-53-28-14-8-22-47(53)55(48-23-9-15-29-54(48)58,38-30-34-41(35-31-38)56-49-24-10-4-18-43(49)44-19-5-11-25-50(44)56)39-32-36-42(37-33-39)57-51-26-12-6-20-45(51)46-21-7-13-27-52(46)57/h1-37H. The molecule has 2 aromatic heterocycles. The van der Waals surface area contributed by atoms with E-state index in [0.29, 0.717) is 0 Å². The Kier molecular flexibility index (Phi) is 7.14. The molecule has 0 saturated heterocycles. The van der Waals surface area contributed by atoms with Crippen LogP contribution in [-0.2, 0) is 5.41 Å². The number of aromatic nitrogens is 2. The van der Waals surface area contributed by atoms with E-state index in [0.717, 1.165) is 17.1 Å². The Labute approximate surface area is 336 Å². The van der Waals surface area contributed by atoms with Gasteiger partial charge in [0.15, 0.2) is 0 Å². The molecule has 1 aliphatic rings. The van der Waals surface area contributed by atoms with Crippen molar-refractivity contribution in [1.29, 1.82) is 0 Å². The largest absolute Gasteiger partial charge is 0.310 e. The number of anilines is 3. The van der Waals surface area contributed by atoms with Crippen LogP contribution in [0.5, 0.6) is 0 Å². The van der Waals surface area contributed by atoms with Gasteiger partial charge in [-0.05, 0) is 95.1 Å². The molecule has 0 spiro atoms. The summed E-state index contributed by atoms with van der Waals surface area (Å²) in [5.41, 5.74) is 14.9. The maximum absolute atomic E-state index is 2.43. The van der Waals surface area contributed by atoms with Crippen molar-refractivity contribution in [3.8, 4) is 11.4 Å². The van der Waals surface area contributed by atoms with E-state index < -0.39 is 5.41 Å². The summed E-state index contributed by atoms with van der Waals surface area (Å²) in [5, 5.41) is 5.05. The summed E-state index contributed by atoms with van der Waals surface area (Å²) in [6.07, 6.45) is 0. The second kappa shape index (κ2) is 12.7. The highest BCUT2D eigenvalue weighted by molar-refractivity contribution is 6.10. The lowest BCUT2D eigenvalue weighted by molar-refractivity contribution is 0.730. The molecule has 272 valence electrons. The molecule has 0 bridgehead atoms. The van der Waals surface area contributed by atoms with Crippen molar-refractivity contribution in [2.45, 2.75) is 5.41 Å². The number of para-hydroxylation sites is 7. The first kappa shape index (κ1) is 32.6.